The number of pyridine rings is 1. The summed E-state index contributed by atoms with van der Waals surface area (Å²) in [5.74, 6) is 1.27. The summed E-state index contributed by atoms with van der Waals surface area (Å²) in [7, 11) is 1.68. The molecule has 0 atom stereocenters. The summed E-state index contributed by atoms with van der Waals surface area (Å²) in [6, 6.07) is 7.15. The van der Waals surface area contributed by atoms with Crippen molar-refractivity contribution in [2.75, 3.05) is 11.9 Å². The van der Waals surface area contributed by atoms with Crippen molar-refractivity contribution < 1.29 is 9.21 Å². The van der Waals surface area contributed by atoms with Crippen LogP contribution in [0.1, 0.15) is 21.9 Å². The Hall–Kier alpha value is -2.96. The number of anilines is 1. The Morgan fingerprint density at radius 2 is 2.18 bits per heavy atom. The first-order valence-corrected chi connectivity index (χ1v) is 6.77. The quantitative estimate of drug-likeness (QED) is 0.735. The number of hydrogen-bond acceptors (Lipinski definition) is 5. The van der Waals surface area contributed by atoms with E-state index in [1.807, 2.05) is 19.1 Å². The molecule has 0 aliphatic carbocycles. The number of amides is 1. The summed E-state index contributed by atoms with van der Waals surface area (Å²) >= 11 is 0. The fraction of sp³-hybridized carbons (Fsp3) is 0.200. The molecule has 112 valence electrons. The van der Waals surface area contributed by atoms with E-state index >= 15 is 0 Å². The zero-order valence-electron chi connectivity index (χ0n) is 12.3. The number of carbonyl (C=O) groups excluding carboxylic acids is 1. The Morgan fingerprint density at radius 3 is 2.91 bits per heavy atom. The molecule has 0 saturated carbocycles. The fourth-order valence-electron chi connectivity index (χ4n) is 2.14. The molecule has 7 nitrogen and oxygen atoms in total. The molecule has 0 N–H and O–H groups in total. The van der Waals surface area contributed by atoms with Gasteiger partial charge in [0.25, 0.3) is 5.91 Å². The lowest BCUT2D eigenvalue weighted by Crippen LogP contribution is -2.27. The van der Waals surface area contributed by atoms with Crippen LogP contribution in [0, 0.1) is 6.92 Å². The molecule has 0 unspecified atom stereocenters. The number of aryl methyl sites for hydroxylation is 1. The van der Waals surface area contributed by atoms with Crippen LogP contribution in [0.5, 0.6) is 0 Å². The second-order valence-corrected chi connectivity index (χ2v) is 4.87. The predicted molar refractivity (Wildman–Crippen MR) is 79.5 cm³/mol. The van der Waals surface area contributed by atoms with Crippen molar-refractivity contribution in [2.24, 2.45) is 0 Å². The molecule has 3 rings (SSSR count). The van der Waals surface area contributed by atoms with Gasteiger partial charge in [0.1, 0.15) is 18.1 Å². The van der Waals surface area contributed by atoms with Gasteiger partial charge in [-0.15, -0.1) is 5.10 Å². The van der Waals surface area contributed by atoms with Crippen LogP contribution >= 0.6 is 0 Å². The van der Waals surface area contributed by atoms with Gasteiger partial charge in [0.15, 0.2) is 5.76 Å². The molecule has 0 aromatic carbocycles. The van der Waals surface area contributed by atoms with Gasteiger partial charge < -0.3 is 4.42 Å². The average Bonchev–Trinajstić information content (AvgIpc) is 3.19. The Labute approximate surface area is 127 Å². The van der Waals surface area contributed by atoms with Crippen LogP contribution in [0.25, 0.3) is 0 Å². The number of hydrogen-bond donors (Lipinski definition) is 0. The molecule has 3 heterocycles. The Kier molecular flexibility index (Phi) is 3.69. The third-order valence-electron chi connectivity index (χ3n) is 3.27. The van der Waals surface area contributed by atoms with Crippen molar-refractivity contribution in [3.05, 3.63) is 59.9 Å². The molecule has 0 aliphatic rings. The van der Waals surface area contributed by atoms with E-state index in [-0.39, 0.29) is 11.7 Å². The smallest absolute Gasteiger partial charge is 0.294 e. The van der Waals surface area contributed by atoms with E-state index in [0.29, 0.717) is 18.1 Å². The highest BCUT2D eigenvalue weighted by molar-refractivity contribution is 6.03. The first kappa shape index (κ1) is 14.0. The summed E-state index contributed by atoms with van der Waals surface area (Å²) in [5, 5.41) is 7.59. The molecular formula is C15H15N5O2. The molecule has 0 bridgehead atoms. The molecule has 0 aliphatic heterocycles. The topological polar surface area (TPSA) is 77.1 Å². The second kappa shape index (κ2) is 5.80. The maximum absolute atomic E-state index is 12.5. The SMILES string of the molecule is Cc1cccnc1N(C)C(=O)c1ccc(Cn2ccnn2)o1. The minimum Gasteiger partial charge on any atom is -0.454 e. The van der Waals surface area contributed by atoms with E-state index in [0.717, 1.165) is 5.56 Å². The van der Waals surface area contributed by atoms with Crippen molar-refractivity contribution >= 4 is 11.7 Å². The number of aromatic nitrogens is 4. The first-order chi connectivity index (χ1) is 10.6. The summed E-state index contributed by atoms with van der Waals surface area (Å²) in [4.78, 5) is 18.2. The first-order valence-electron chi connectivity index (χ1n) is 6.77. The highest BCUT2D eigenvalue weighted by atomic mass is 16.4. The highest BCUT2D eigenvalue weighted by Crippen LogP contribution is 2.18. The van der Waals surface area contributed by atoms with Crippen molar-refractivity contribution in [1.29, 1.82) is 0 Å². The average molecular weight is 297 g/mol. The molecule has 1 amide bonds. The minimum atomic E-state index is -0.244. The molecule has 3 aromatic heterocycles. The summed E-state index contributed by atoms with van der Waals surface area (Å²) < 4.78 is 7.22. The number of carbonyl (C=O) groups is 1. The van der Waals surface area contributed by atoms with Crippen LogP contribution in [-0.4, -0.2) is 32.9 Å². The monoisotopic (exact) mass is 297 g/mol. The third-order valence-corrected chi connectivity index (χ3v) is 3.27. The zero-order valence-corrected chi connectivity index (χ0v) is 12.3. The van der Waals surface area contributed by atoms with Gasteiger partial charge >= 0.3 is 0 Å². The molecule has 3 aromatic rings. The largest absolute Gasteiger partial charge is 0.454 e. The van der Waals surface area contributed by atoms with Crippen LogP contribution < -0.4 is 4.90 Å². The molecule has 0 radical (unpaired) electrons. The van der Waals surface area contributed by atoms with Crippen molar-refractivity contribution in [3.63, 3.8) is 0 Å². The standard InChI is InChI=1S/C15H15N5O2/c1-11-4-3-7-16-14(11)19(2)15(21)13-6-5-12(22-13)10-20-9-8-17-18-20/h3-9H,10H2,1-2H3. The fourth-order valence-corrected chi connectivity index (χ4v) is 2.14. The minimum absolute atomic E-state index is 0.244. The zero-order chi connectivity index (χ0) is 15.5. The van der Waals surface area contributed by atoms with Gasteiger partial charge in [0.2, 0.25) is 0 Å². The van der Waals surface area contributed by atoms with E-state index < -0.39 is 0 Å². The maximum atomic E-state index is 12.5. The van der Waals surface area contributed by atoms with E-state index in [4.69, 9.17) is 4.42 Å². The van der Waals surface area contributed by atoms with Gasteiger partial charge in [-0.1, -0.05) is 11.3 Å². The predicted octanol–water partition coefficient (Wildman–Crippen LogP) is 1.90. The van der Waals surface area contributed by atoms with Crippen LogP contribution in [0.15, 0.2) is 47.3 Å². The van der Waals surface area contributed by atoms with Gasteiger partial charge in [-0.05, 0) is 30.7 Å². The third kappa shape index (κ3) is 2.73. The van der Waals surface area contributed by atoms with Gasteiger partial charge in [0, 0.05) is 19.4 Å². The van der Waals surface area contributed by atoms with Crippen molar-refractivity contribution in [3.8, 4) is 0 Å². The lowest BCUT2D eigenvalue weighted by atomic mass is 10.2. The summed E-state index contributed by atoms with van der Waals surface area (Å²) in [5.41, 5.74) is 0.924. The molecule has 22 heavy (non-hydrogen) atoms. The van der Waals surface area contributed by atoms with E-state index in [9.17, 15) is 4.79 Å². The van der Waals surface area contributed by atoms with Gasteiger partial charge in [-0.25, -0.2) is 9.67 Å². The van der Waals surface area contributed by atoms with Crippen molar-refractivity contribution in [2.45, 2.75) is 13.5 Å². The highest BCUT2D eigenvalue weighted by Gasteiger charge is 2.19. The summed E-state index contributed by atoms with van der Waals surface area (Å²) in [6.45, 7) is 2.34. The Morgan fingerprint density at radius 1 is 1.32 bits per heavy atom. The Balaban J connectivity index is 1.78. The van der Waals surface area contributed by atoms with Crippen molar-refractivity contribution in [1.82, 2.24) is 20.0 Å². The van der Waals surface area contributed by atoms with E-state index in [1.54, 1.807) is 42.5 Å². The normalized spacial score (nSPS) is 10.6. The number of nitrogens with zero attached hydrogens (tertiary/aromatic N) is 5. The molecule has 0 saturated heterocycles. The van der Waals surface area contributed by atoms with Crippen LogP contribution in [0.3, 0.4) is 0 Å². The van der Waals surface area contributed by atoms with Crippen LogP contribution in [0.4, 0.5) is 5.82 Å². The molecule has 0 fully saturated rings. The van der Waals surface area contributed by atoms with E-state index in [2.05, 4.69) is 15.3 Å². The van der Waals surface area contributed by atoms with Gasteiger partial charge in [-0.2, -0.15) is 0 Å². The lowest BCUT2D eigenvalue weighted by Gasteiger charge is -2.16. The van der Waals surface area contributed by atoms with Crippen LogP contribution in [0.2, 0.25) is 0 Å². The Bertz CT molecular complexity index is 779. The molecule has 7 heteroatoms. The molecular weight excluding hydrogens is 282 g/mol. The second-order valence-electron chi connectivity index (χ2n) is 4.87. The van der Waals surface area contributed by atoms with Gasteiger partial charge in [-0.3, -0.25) is 9.69 Å². The number of furan rings is 1. The lowest BCUT2D eigenvalue weighted by molar-refractivity contribution is 0.0963. The van der Waals surface area contributed by atoms with Gasteiger partial charge in [0.05, 0.1) is 6.20 Å². The number of rotatable bonds is 4. The molecule has 0 spiro atoms. The van der Waals surface area contributed by atoms with E-state index in [1.165, 1.54) is 4.90 Å². The summed E-state index contributed by atoms with van der Waals surface area (Å²) in [6.07, 6.45) is 4.98. The van der Waals surface area contributed by atoms with Crippen LogP contribution in [-0.2, 0) is 6.54 Å². The maximum Gasteiger partial charge on any atom is 0.294 e.